The van der Waals surface area contributed by atoms with Crippen LogP contribution in [-0.4, -0.2) is 20.9 Å². The highest BCUT2D eigenvalue weighted by molar-refractivity contribution is 7.92. The molecule has 25 heavy (non-hydrogen) atoms. The molecule has 0 saturated carbocycles. The maximum absolute atomic E-state index is 12.4. The highest BCUT2D eigenvalue weighted by atomic mass is 35.5. The Morgan fingerprint density at radius 2 is 1.84 bits per heavy atom. The fourth-order valence-corrected chi connectivity index (χ4v) is 3.19. The van der Waals surface area contributed by atoms with E-state index in [1.807, 2.05) is 0 Å². The number of hydrogen-bond donors (Lipinski definition) is 2. The smallest absolute Gasteiger partial charge is 0.261 e. The summed E-state index contributed by atoms with van der Waals surface area (Å²) >= 11 is 5.96. The summed E-state index contributed by atoms with van der Waals surface area (Å²) in [6.07, 6.45) is 7.93. The molecule has 0 aliphatic heterocycles. The van der Waals surface area contributed by atoms with E-state index in [4.69, 9.17) is 18.0 Å². The Balaban J connectivity index is 2.11. The molecule has 0 atom stereocenters. The molecule has 0 aliphatic carbocycles. The summed E-state index contributed by atoms with van der Waals surface area (Å²) in [4.78, 5) is 11.5. The van der Waals surface area contributed by atoms with Crippen molar-refractivity contribution in [3.8, 4) is 12.3 Å². The van der Waals surface area contributed by atoms with Crippen molar-refractivity contribution in [1.82, 2.24) is 5.32 Å². The lowest BCUT2D eigenvalue weighted by molar-refractivity contribution is -0.116. The lowest BCUT2D eigenvalue weighted by Gasteiger charge is -2.09. The van der Waals surface area contributed by atoms with Crippen molar-refractivity contribution in [1.29, 1.82) is 0 Å². The lowest BCUT2D eigenvalue weighted by Crippen LogP contribution is -2.20. The summed E-state index contributed by atoms with van der Waals surface area (Å²) in [7, 11) is -3.76. The van der Waals surface area contributed by atoms with Gasteiger partial charge < -0.3 is 5.32 Å². The van der Waals surface area contributed by atoms with Gasteiger partial charge in [0.25, 0.3) is 10.0 Å². The zero-order valence-electron chi connectivity index (χ0n) is 13.1. The van der Waals surface area contributed by atoms with Crippen LogP contribution in [0.4, 0.5) is 5.69 Å². The van der Waals surface area contributed by atoms with Gasteiger partial charge in [-0.15, -0.1) is 6.42 Å². The molecule has 2 aromatic carbocycles. The number of hydrogen-bond acceptors (Lipinski definition) is 3. The molecular weight excluding hydrogens is 360 g/mol. The molecule has 0 spiro atoms. The fraction of sp³-hybridized carbons (Fsp3) is 0.0556. The average molecular weight is 375 g/mol. The van der Waals surface area contributed by atoms with Crippen LogP contribution >= 0.6 is 11.6 Å². The molecule has 1 amide bonds. The average Bonchev–Trinajstić information content (AvgIpc) is 2.60. The van der Waals surface area contributed by atoms with Crippen LogP contribution in [0.15, 0.2) is 59.5 Å². The number of para-hydroxylation sites is 1. The Kier molecular flexibility index (Phi) is 6.23. The first kappa shape index (κ1) is 18.6. The van der Waals surface area contributed by atoms with Crippen molar-refractivity contribution in [2.75, 3.05) is 11.3 Å². The van der Waals surface area contributed by atoms with E-state index >= 15 is 0 Å². The lowest BCUT2D eigenvalue weighted by atomic mass is 10.2. The van der Waals surface area contributed by atoms with Crippen LogP contribution in [-0.2, 0) is 14.8 Å². The van der Waals surface area contributed by atoms with Gasteiger partial charge in [-0.2, -0.15) is 0 Å². The molecule has 0 heterocycles. The minimum absolute atomic E-state index is 0.0846. The largest absolute Gasteiger partial charge is 0.342 e. The molecule has 0 aliphatic rings. The number of carbonyl (C=O) groups excluding carboxylic acids is 1. The van der Waals surface area contributed by atoms with Crippen LogP contribution in [0, 0.1) is 12.3 Å². The number of anilines is 1. The topological polar surface area (TPSA) is 75.3 Å². The second-order valence-corrected chi connectivity index (χ2v) is 7.00. The Morgan fingerprint density at radius 1 is 1.16 bits per heavy atom. The van der Waals surface area contributed by atoms with E-state index in [2.05, 4.69) is 16.0 Å². The summed E-state index contributed by atoms with van der Waals surface area (Å²) in [5, 5.41) is 2.80. The number of amides is 1. The molecule has 2 aromatic rings. The maximum Gasteiger partial charge on any atom is 0.261 e. The number of nitrogens with one attached hydrogen (secondary N) is 2. The summed E-state index contributed by atoms with van der Waals surface area (Å²) in [6.45, 7) is 0.147. The Morgan fingerprint density at radius 3 is 2.48 bits per heavy atom. The van der Waals surface area contributed by atoms with Gasteiger partial charge in [0, 0.05) is 6.08 Å². The van der Waals surface area contributed by atoms with Crippen LogP contribution in [0.5, 0.6) is 0 Å². The standard InChI is InChI=1S/C18H15ClN2O3S/c1-2-13-20-18(22)12-9-14-7-10-15(11-8-14)25(23,24)21-17-6-4-3-5-16(17)19/h1,3-12,21H,13H2,(H,20,22). The maximum atomic E-state index is 12.4. The first-order valence-electron chi connectivity index (χ1n) is 7.19. The third-order valence-electron chi connectivity index (χ3n) is 3.10. The van der Waals surface area contributed by atoms with E-state index in [0.29, 0.717) is 16.3 Å². The molecule has 0 unspecified atom stereocenters. The fourth-order valence-electron chi connectivity index (χ4n) is 1.87. The zero-order chi connectivity index (χ0) is 18.3. The molecular formula is C18H15ClN2O3S. The second-order valence-electron chi connectivity index (χ2n) is 4.91. The van der Waals surface area contributed by atoms with Crippen LogP contribution < -0.4 is 10.0 Å². The summed E-state index contributed by atoms with van der Waals surface area (Å²) in [5.74, 6) is 1.97. The molecule has 5 nitrogen and oxygen atoms in total. The van der Waals surface area contributed by atoms with E-state index in [1.54, 1.807) is 42.5 Å². The monoisotopic (exact) mass is 374 g/mol. The second kappa shape index (κ2) is 8.38. The number of sulfonamides is 1. The van der Waals surface area contributed by atoms with Crippen LogP contribution in [0.1, 0.15) is 5.56 Å². The Labute approximate surface area is 151 Å². The Bertz CT molecular complexity index is 930. The molecule has 2 rings (SSSR count). The van der Waals surface area contributed by atoms with Crippen LogP contribution in [0.3, 0.4) is 0 Å². The molecule has 0 bridgehead atoms. The van der Waals surface area contributed by atoms with E-state index in [0.717, 1.165) is 0 Å². The van der Waals surface area contributed by atoms with Gasteiger partial charge in [0.1, 0.15) is 0 Å². The van der Waals surface area contributed by atoms with Crippen molar-refractivity contribution in [3.05, 3.63) is 65.2 Å². The third kappa shape index (κ3) is 5.38. The minimum Gasteiger partial charge on any atom is -0.342 e. The van der Waals surface area contributed by atoms with Gasteiger partial charge in [0.15, 0.2) is 0 Å². The number of carbonyl (C=O) groups is 1. The van der Waals surface area contributed by atoms with E-state index < -0.39 is 10.0 Å². The third-order valence-corrected chi connectivity index (χ3v) is 4.81. The number of terminal acetylenes is 1. The summed E-state index contributed by atoms with van der Waals surface area (Å²) < 4.78 is 27.2. The van der Waals surface area contributed by atoms with Gasteiger partial charge in [0.05, 0.1) is 22.2 Å². The van der Waals surface area contributed by atoms with Crippen LogP contribution in [0.2, 0.25) is 5.02 Å². The van der Waals surface area contributed by atoms with Gasteiger partial charge in [0.2, 0.25) is 5.91 Å². The van der Waals surface area contributed by atoms with Crippen molar-refractivity contribution in [2.45, 2.75) is 4.90 Å². The molecule has 0 aromatic heterocycles. The predicted molar refractivity (Wildman–Crippen MR) is 99.6 cm³/mol. The normalized spacial score (nSPS) is 11.0. The molecule has 128 valence electrons. The molecule has 0 radical (unpaired) electrons. The van der Waals surface area contributed by atoms with E-state index in [1.165, 1.54) is 18.2 Å². The number of rotatable bonds is 6. The molecule has 0 saturated heterocycles. The first-order chi connectivity index (χ1) is 11.9. The van der Waals surface area contributed by atoms with Gasteiger partial charge in [-0.05, 0) is 35.9 Å². The van der Waals surface area contributed by atoms with Crippen molar-refractivity contribution < 1.29 is 13.2 Å². The van der Waals surface area contributed by atoms with E-state index in [9.17, 15) is 13.2 Å². The van der Waals surface area contributed by atoms with Gasteiger partial charge >= 0.3 is 0 Å². The first-order valence-corrected chi connectivity index (χ1v) is 9.05. The van der Waals surface area contributed by atoms with E-state index in [-0.39, 0.29) is 17.3 Å². The minimum atomic E-state index is -3.76. The van der Waals surface area contributed by atoms with Crippen molar-refractivity contribution in [2.24, 2.45) is 0 Å². The summed E-state index contributed by atoms with van der Waals surface area (Å²) in [5.41, 5.74) is 0.978. The Hall–Kier alpha value is -2.75. The van der Waals surface area contributed by atoms with Crippen molar-refractivity contribution >= 4 is 39.3 Å². The van der Waals surface area contributed by atoms with Gasteiger partial charge in [-0.3, -0.25) is 9.52 Å². The summed E-state index contributed by atoms with van der Waals surface area (Å²) in [6, 6.07) is 12.6. The molecule has 2 N–H and O–H groups in total. The highest BCUT2D eigenvalue weighted by Gasteiger charge is 2.15. The van der Waals surface area contributed by atoms with Crippen molar-refractivity contribution in [3.63, 3.8) is 0 Å². The molecule has 0 fully saturated rings. The number of halogens is 1. The van der Waals surface area contributed by atoms with Crippen LogP contribution in [0.25, 0.3) is 6.08 Å². The van der Waals surface area contributed by atoms with Gasteiger partial charge in [-0.25, -0.2) is 8.42 Å². The quantitative estimate of drug-likeness (QED) is 0.603. The van der Waals surface area contributed by atoms with Gasteiger partial charge in [-0.1, -0.05) is 41.8 Å². The predicted octanol–water partition coefficient (Wildman–Crippen LogP) is 2.90. The molecule has 7 heteroatoms. The SMILES string of the molecule is C#CCNC(=O)C=Cc1ccc(S(=O)(=O)Nc2ccccc2Cl)cc1. The highest BCUT2D eigenvalue weighted by Crippen LogP contribution is 2.24. The zero-order valence-corrected chi connectivity index (χ0v) is 14.6. The number of benzene rings is 2.